The van der Waals surface area contributed by atoms with Crippen molar-refractivity contribution in [1.29, 1.82) is 0 Å². The molecule has 0 heterocycles. The Morgan fingerprint density at radius 1 is 1.17 bits per heavy atom. The van der Waals surface area contributed by atoms with Crippen LogP contribution in [0.25, 0.3) is 0 Å². The number of carbonyl (C=O) groups is 1. The number of carboxylic acids is 1. The van der Waals surface area contributed by atoms with Crippen LogP contribution in [0.5, 0.6) is 0 Å². The Morgan fingerprint density at radius 2 is 1.83 bits per heavy atom. The molecule has 0 saturated heterocycles. The lowest BCUT2D eigenvalue weighted by atomic mass is 10.2. The van der Waals surface area contributed by atoms with Gasteiger partial charge in [0.2, 0.25) is 0 Å². The van der Waals surface area contributed by atoms with E-state index in [2.05, 4.69) is 0 Å². The molecule has 18 heavy (non-hydrogen) atoms. The zero-order valence-electron chi connectivity index (χ0n) is 9.06. The van der Waals surface area contributed by atoms with Crippen molar-refractivity contribution in [3.63, 3.8) is 0 Å². The Balaban J connectivity index is 2.24. The fourth-order valence-electron chi connectivity index (χ4n) is 1.35. The molecule has 0 radical (unpaired) electrons. The Hall–Kier alpha value is -1.52. The molecule has 0 unspecified atom stereocenters. The van der Waals surface area contributed by atoms with Gasteiger partial charge in [0.25, 0.3) is 0 Å². The van der Waals surface area contributed by atoms with E-state index in [4.69, 9.17) is 16.7 Å². The number of aromatic carboxylic acids is 1. The third-order valence-electron chi connectivity index (χ3n) is 2.22. The number of halogens is 2. The van der Waals surface area contributed by atoms with Gasteiger partial charge in [0, 0.05) is 9.79 Å². The van der Waals surface area contributed by atoms with E-state index in [1.54, 1.807) is 18.2 Å². The van der Waals surface area contributed by atoms with Crippen LogP contribution < -0.4 is 0 Å². The highest BCUT2D eigenvalue weighted by Crippen LogP contribution is 2.33. The highest BCUT2D eigenvalue weighted by Gasteiger charge is 2.08. The second kappa shape index (κ2) is 5.42. The molecule has 0 amide bonds. The molecule has 2 aromatic rings. The van der Waals surface area contributed by atoms with Crippen molar-refractivity contribution in [2.24, 2.45) is 0 Å². The van der Waals surface area contributed by atoms with Crippen molar-refractivity contribution >= 4 is 29.3 Å². The van der Waals surface area contributed by atoms with Gasteiger partial charge in [0.1, 0.15) is 5.82 Å². The van der Waals surface area contributed by atoms with Crippen LogP contribution >= 0.6 is 23.4 Å². The molecular formula is C13H8ClFO2S. The topological polar surface area (TPSA) is 37.3 Å². The fraction of sp³-hybridized carbons (Fsp3) is 0. The van der Waals surface area contributed by atoms with Gasteiger partial charge in [0.05, 0.1) is 10.6 Å². The molecule has 0 aliphatic carbocycles. The first kappa shape index (κ1) is 12.9. The lowest BCUT2D eigenvalue weighted by Crippen LogP contribution is -1.95. The van der Waals surface area contributed by atoms with Gasteiger partial charge in [-0.1, -0.05) is 23.4 Å². The van der Waals surface area contributed by atoms with Crippen LogP contribution in [0.2, 0.25) is 5.02 Å². The Labute approximate surface area is 112 Å². The maximum Gasteiger partial charge on any atom is 0.335 e. The highest BCUT2D eigenvalue weighted by atomic mass is 35.5. The molecule has 0 fully saturated rings. The molecule has 5 heteroatoms. The van der Waals surface area contributed by atoms with E-state index in [0.717, 1.165) is 9.79 Å². The number of rotatable bonds is 3. The minimum Gasteiger partial charge on any atom is -0.478 e. The molecule has 92 valence electrons. The monoisotopic (exact) mass is 282 g/mol. The van der Waals surface area contributed by atoms with Crippen molar-refractivity contribution in [2.75, 3.05) is 0 Å². The molecule has 0 spiro atoms. The molecule has 1 N–H and O–H groups in total. The molecule has 2 nitrogen and oxygen atoms in total. The first-order chi connectivity index (χ1) is 8.56. The summed E-state index contributed by atoms with van der Waals surface area (Å²) in [5.41, 5.74) is 0.142. The van der Waals surface area contributed by atoms with Crippen LogP contribution in [0.15, 0.2) is 52.3 Å². The van der Waals surface area contributed by atoms with Crippen LogP contribution in [0.1, 0.15) is 10.4 Å². The summed E-state index contributed by atoms with van der Waals surface area (Å²) in [5.74, 6) is -1.32. The van der Waals surface area contributed by atoms with Crippen LogP contribution in [0.4, 0.5) is 4.39 Å². The summed E-state index contributed by atoms with van der Waals surface area (Å²) in [6.07, 6.45) is 0. The van der Waals surface area contributed by atoms with E-state index < -0.39 is 5.97 Å². The Morgan fingerprint density at radius 3 is 2.39 bits per heavy atom. The van der Waals surface area contributed by atoms with Gasteiger partial charge in [-0.25, -0.2) is 9.18 Å². The molecule has 0 aromatic heterocycles. The highest BCUT2D eigenvalue weighted by molar-refractivity contribution is 7.99. The third-order valence-corrected chi connectivity index (χ3v) is 3.73. The molecule has 0 atom stereocenters. The number of hydrogen-bond donors (Lipinski definition) is 1. The van der Waals surface area contributed by atoms with Crippen LogP contribution in [-0.4, -0.2) is 11.1 Å². The zero-order valence-corrected chi connectivity index (χ0v) is 10.6. The van der Waals surface area contributed by atoms with E-state index in [-0.39, 0.29) is 11.4 Å². The summed E-state index contributed by atoms with van der Waals surface area (Å²) in [7, 11) is 0. The third kappa shape index (κ3) is 3.03. The van der Waals surface area contributed by atoms with Crippen molar-refractivity contribution in [2.45, 2.75) is 9.79 Å². The molecule has 0 aliphatic heterocycles. The number of benzene rings is 2. The first-order valence-corrected chi connectivity index (χ1v) is 6.22. The number of hydrogen-bond acceptors (Lipinski definition) is 2. The predicted octanol–water partition coefficient (Wildman–Crippen LogP) is 4.33. The van der Waals surface area contributed by atoms with Crippen molar-refractivity contribution < 1.29 is 14.3 Å². The quantitative estimate of drug-likeness (QED) is 0.910. The van der Waals surface area contributed by atoms with Gasteiger partial charge in [-0.05, 0) is 42.5 Å². The summed E-state index contributed by atoms with van der Waals surface area (Å²) >= 11 is 7.35. The second-order valence-corrected chi connectivity index (χ2v) is 5.03. The van der Waals surface area contributed by atoms with E-state index in [0.29, 0.717) is 5.02 Å². The van der Waals surface area contributed by atoms with Crippen molar-refractivity contribution in [1.82, 2.24) is 0 Å². The fourth-order valence-corrected chi connectivity index (χ4v) is 2.46. The zero-order chi connectivity index (χ0) is 13.1. The van der Waals surface area contributed by atoms with Gasteiger partial charge >= 0.3 is 5.97 Å². The molecule has 0 aliphatic rings. The minimum absolute atomic E-state index is 0.142. The largest absolute Gasteiger partial charge is 0.478 e. The smallest absolute Gasteiger partial charge is 0.335 e. The molecule has 2 aromatic carbocycles. The average Bonchev–Trinajstić information content (AvgIpc) is 2.34. The van der Waals surface area contributed by atoms with Crippen LogP contribution in [0.3, 0.4) is 0 Å². The van der Waals surface area contributed by atoms with Gasteiger partial charge in [-0.15, -0.1) is 0 Å². The average molecular weight is 283 g/mol. The summed E-state index contributed by atoms with van der Waals surface area (Å²) < 4.78 is 12.7. The van der Waals surface area contributed by atoms with Gasteiger partial charge < -0.3 is 5.11 Å². The lowest BCUT2D eigenvalue weighted by molar-refractivity contribution is 0.0697. The standard InChI is InChI=1S/C13H8ClFO2S/c14-11-7-8(13(16)17)1-6-12(11)18-10-4-2-9(15)3-5-10/h1-7H,(H,16,17). The summed E-state index contributed by atoms with van der Waals surface area (Å²) in [4.78, 5) is 12.3. The maximum atomic E-state index is 12.7. The SMILES string of the molecule is O=C(O)c1ccc(Sc2ccc(F)cc2)c(Cl)c1. The van der Waals surface area contributed by atoms with E-state index in [1.807, 2.05) is 0 Å². The molecular weight excluding hydrogens is 275 g/mol. The number of carboxylic acid groups (broad SMARTS) is 1. The predicted molar refractivity (Wildman–Crippen MR) is 68.9 cm³/mol. The Bertz CT molecular complexity index is 584. The summed E-state index contributed by atoms with van der Waals surface area (Å²) in [5, 5.41) is 9.18. The lowest BCUT2D eigenvalue weighted by Gasteiger charge is -2.05. The second-order valence-electron chi connectivity index (χ2n) is 3.51. The van der Waals surface area contributed by atoms with Crippen molar-refractivity contribution in [3.05, 3.63) is 58.9 Å². The summed E-state index contributed by atoms with van der Waals surface area (Å²) in [6, 6.07) is 10.5. The maximum absolute atomic E-state index is 12.7. The molecule has 2 rings (SSSR count). The van der Waals surface area contributed by atoms with Crippen LogP contribution in [0, 0.1) is 5.82 Å². The minimum atomic E-state index is -1.02. The van der Waals surface area contributed by atoms with Crippen molar-refractivity contribution in [3.8, 4) is 0 Å². The van der Waals surface area contributed by atoms with Gasteiger partial charge in [0.15, 0.2) is 0 Å². The molecule has 0 saturated carbocycles. The Kier molecular flexibility index (Phi) is 3.89. The van der Waals surface area contributed by atoms with Gasteiger partial charge in [-0.3, -0.25) is 0 Å². The van der Waals surface area contributed by atoms with Crippen LogP contribution in [-0.2, 0) is 0 Å². The summed E-state index contributed by atoms with van der Waals surface area (Å²) in [6.45, 7) is 0. The van der Waals surface area contributed by atoms with E-state index >= 15 is 0 Å². The van der Waals surface area contributed by atoms with E-state index in [1.165, 1.54) is 36.0 Å². The van der Waals surface area contributed by atoms with Gasteiger partial charge in [-0.2, -0.15) is 0 Å². The molecule has 0 bridgehead atoms. The first-order valence-electron chi connectivity index (χ1n) is 5.02. The normalized spacial score (nSPS) is 10.3. The van der Waals surface area contributed by atoms with E-state index in [9.17, 15) is 9.18 Å².